The molecule has 3 N–H and O–H groups in total. The molecule has 1 spiro atoms. The lowest BCUT2D eigenvalue weighted by atomic mass is 9.76. The SMILES string of the molecule is O=C1[C@H]2[C@@H](C(=O)N1c1cccc(C(F)(F)F)c1)[C@]1(N[C@@H]2Cc2ccc(O)cc2)C(=O)Nc2ccc(F)cc21. The van der Waals surface area contributed by atoms with E-state index in [4.69, 9.17) is 0 Å². The van der Waals surface area contributed by atoms with E-state index in [0.29, 0.717) is 16.5 Å². The molecule has 2 saturated heterocycles. The third-order valence-corrected chi connectivity index (χ3v) is 7.50. The molecule has 0 radical (unpaired) electrons. The summed E-state index contributed by atoms with van der Waals surface area (Å²) in [6, 6.07) is 12.8. The number of rotatable bonds is 3. The number of amides is 3. The first-order valence-corrected chi connectivity index (χ1v) is 11.7. The smallest absolute Gasteiger partial charge is 0.416 e. The number of imide groups is 1. The molecular formula is C27H19F4N3O4. The molecule has 3 amide bonds. The van der Waals surface area contributed by atoms with E-state index in [9.17, 15) is 37.1 Å². The molecule has 11 heteroatoms. The summed E-state index contributed by atoms with van der Waals surface area (Å²) in [6.07, 6.45) is -4.56. The summed E-state index contributed by atoms with van der Waals surface area (Å²) in [5.74, 6) is -5.39. The Morgan fingerprint density at radius 2 is 1.68 bits per heavy atom. The fourth-order valence-corrected chi connectivity index (χ4v) is 5.91. The van der Waals surface area contributed by atoms with Gasteiger partial charge in [-0.15, -0.1) is 0 Å². The topological polar surface area (TPSA) is 98.7 Å². The predicted molar refractivity (Wildman–Crippen MR) is 126 cm³/mol. The summed E-state index contributed by atoms with van der Waals surface area (Å²) in [5.41, 5.74) is -2.02. The second-order valence-corrected chi connectivity index (χ2v) is 9.64. The molecule has 2 fully saturated rings. The van der Waals surface area contributed by atoms with E-state index in [1.165, 1.54) is 24.3 Å². The Morgan fingerprint density at radius 1 is 0.947 bits per heavy atom. The normalized spacial score (nSPS) is 26.2. The van der Waals surface area contributed by atoms with Crippen LogP contribution in [0.1, 0.15) is 16.7 Å². The van der Waals surface area contributed by atoms with E-state index in [-0.39, 0.29) is 29.1 Å². The van der Waals surface area contributed by atoms with E-state index >= 15 is 0 Å². The van der Waals surface area contributed by atoms with Gasteiger partial charge in [0.1, 0.15) is 17.1 Å². The number of aromatic hydroxyl groups is 1. The fraction of sp³-hybridized carbons (Fsp3) is 0.222. The van der Waals surface area contributed by atoms with Crippen molar-refractivity contribution in [2.45, 2.75) is 24.2 Å². The maximum Gasteiger partial charge on any atom is 0.416 e. The molecule has 0 bridgehead atoms. The van der Waals surface area contributed by atoms with Crippen LogP contribution in [0.4, 0.5) is 28.9 Å². The molecule has 38 heavy (non-hydrogen) atoms. The number of benzene rings is 3. The van der Waals surface area contributed by atoms with Gasteiger partial charge in [-0.25, -0.2) is 9.29 Å². The number of carbonyl (C=O) groups is 3. The number of anilines is 2. The number of alkyl halides is 3. The van der Waals surface area contributed by atoms with Crippen LogP contribution in [0.2, 0.25) is 0 Å². The first-order chi connectivity index (χ1) is 18.0. The molecule has 0 unspecified atom stereocenters. The van der Waals surface area contributed by atoms with Gasteiger partial charge in [-0.2, -0.15) is 13.2 Å². The summed E-state index contributed by atoms with van der Waals surface area (Å²) in [5, 5.41) is 15.4. The van der Waals surface area contributed by atoms with Crippen LogP contribution in [0.15, 0.2) is 66.7 Å². The largest absolute Gasteiger partial charge is 0.508 e. The first kappa shape index (κ1) is 24.1. The Kier molecular flexibility index (Phi) is 5.15. The van der Waals surface area contributed by atoms with Crippen LogP contribution in [-0.4, -0.2) is 28.9 Å². The molecule has 4 atom stereocenters. The van der Waals surface area contributed by atoms with Crippen LogP contribution in [0, 0.1) is 17.7 Å². The van der Waals surface area contributed by atoms with Gasteiger partial charge in [-0.3, -0.25) is 19.7 Å². The highest BCUT2D eigenvalue weighted by Crippen LogP contribution is 2.54. The van der Waals surface area contributed by atoms with Gasteiger partial charge in [-0.05, 0) is 60.5 Å². The van der Waals surface area contributed by atoms with Crippen molar-refractivity contribution in [3.8, 4) is 5.75 Å². The molecule has 3 aliphatic rings. The lowest BCUT2D eigenvalue weighted by Gasteiger charge is -2.29. The molecule has 6 rings (SSSR count). The number of phenolic OH excluding ortho intramolecular Hbond substituents is 1. The third kappa shape index (κ3) is 3.42. The van der Waals surface area contributed by atoms with Gasteiger partial charge in [0.05, 0.1) is 23.1 Å². The monoisotopic (exact) mass is 525 g/mol. The van der Waals surface area contributed by atoms with E-state index in [1.807, 2.05) is 0 Å². The van der Waals surface area contributed by atoms with E-state index in [1.54, 1.807) is 12.1 Å². The summed E-state index contributed by atoms with van der Waals surface area (Å²) >= 11 is 0. The Bertz CT molecular complexity index is 1510. The molecule has 3 heterocycles. The number of nitrogens with one attached hydrogen (secondary N) is 2. The second-order valence-electron chi connectivity index (χ2n) is 9.64. The highest BCUT2D eigenvalue weighted by atomic mass is 19.4. The summed E-state index contributed by atoms with van der Waals surface area (Å²) in [6.45, 7) is 0. The zero-order valence-electron chi connectivity index (χ0n) is 19.4. The van der Waals surface area contributed by atoms with Crippen molar-refractivity contribution in [1.82, 2.24) is 5.32 Å². The lowest BCUT2D eigenvalue weighted by Crippen LogP contribution is -2.53. The number of carbonyl (C=O) groups excluding carboxylic acids is 3. The fourth-order valence-electron chi connectivity index (χ4n) is 5.91. The number of hydrogen-bond donors (Lipinski definition) is 3. The third-order valence-electron chi connectivity index (χ3n) is 7.50. The Labute approximate surface area is 213 Å². The number of halogens is 4. The van der Waals surface area contributed by atoms with Crippen LogP contribution < -0.4 is 15.5 Å². The van der Waals surface area contributed by atoms with Crippen molar-refractivity contribution >= 4 is 29.1 Å². The van der Waals surface area contributed by atoms with Gasteiger partial charge < -0.3 is 10.4 Å². The quantitative estimate of drug-likeness (QED) is 0.358. The molecule has 3 aromatic carbocycles. The van der Waals surface area contributed by atoms with Gasteiger partial charge in [0.25, 0.3) is 0 Å². The van der Waals surface area contributed by atoms with Crippen molar-refractivity contribution < 1.29 is 37.1 Å². The Hall–Kier alpha value is -4.25. The summed E-state index contributed by atoms with van der Waals surface area (Å²) in [4.78, 5) is 41.8. The molecule has 194 valence electrons. The number of fused-ring (bicyclic) bond motifs is 4. The minimum Gasteiger partial charge on any atom is -0.508 e. The van der Waals surface area contributed by atoms with Crippen LogP contribution in [0.3, 0.4) is 0 Å². The minimum absolute atomic E-state index is 0.0184. The van der Waals surface area contributed by atoms with Crippen LogP contribution in [0.25, 0.3) is 0 Å². The highest BCUT2D eigenvalue weighted by Gasteiger charge is 2.70. The Balaban J connectivity index is 1.49. The van der Waals surface area contributed by atoms with Crippen molar-refractivity contribution in [2.75, 3.05) is 10.2 Å². The molecule has 3 aromatic rings. The lowest BCUT2D eigenvalue weighted by molar-refractivity contribution is -0.137. The van der Waals surface area contributed by atoms with E-state index < -0.39 is 58.7 Å². The van der Waals surface area contributed by atoms with Crippen molar-refractivity contribution in [3.63, 3.8) is 0 Å². The summed E-state index contributed by atoms with van der Waals surface area (Å²) in [7, 11) is 0. The van der Waals surface area contributed by atoms with Gasteiger partial charge >= 0.3 is 6.18 Å². The van der Waals surface area contributed by atoms with Gasteiger partial charge in [0.2, 0.25) is 17.7 Å². The van der Waals surface area contributed by atoms with Crippen molar-refractivity contribution in [2.24, 2.45) is 11.8 Å². The highest BCUT2D eigenvalue weighted by molar-refractivity contribution is 6.25. The number of nitrogens with zero attached hydrogens (tertiary/aromatic N) is 1. The second kappa shape index (κ2) is 8.12. The molecule has 0 aliphatic carbocycles. The molecular weight excluding hydrogens is 506 g/mol. The van der Waals surface area contributed by atoms with Crippen LogP contribution in [-0.2, 0) is 32.5 Å². The van der Waals surface area contributed by atoms with E-state index in [2.05, 4.69) is 10.6 Å². The number of hydrogen-bond acceptors (Lipinski definition) is 5. The average Bonchev–Trinajstić information content (AvgIpc) is 3.44. The van der Waals surface area contributed by atoms with Gasteiger partial charge in [0.15, 0.2) is 0 Å². The van der Waals surface area contributed by atoms with Crippen molar-refractivity contribution in [1.29, 1.82) is 0 Å². The molecule has 3 aliphatic heterocycles. The van der Waals surface area contributed by atoms with Gasteiger partial charge in [-0.1, -0.05) is 18.2 Å². The van der Waals surface area contributed by atoms with Gasteiger partial charge in [0, 0.05) is 17.3 Å². The average molecular weight is 525 g/mol. The van der Waals surface area contributed by atoms with Crippen molar-refractivity contribution in [3.05, 3.63) is 89.2 Å². The number of phenols is 1. The maximum atomic E-state index is 14.4. The maximum absolute atomic E-state index is 14.4. The zero-order chi connectivity index (χ0) is 27.0. The first-order valence-electron chi connectivity index (χ1n) is 11.7. The molecule has 7 nitrogen and oxygen atoms in total. The zero-order valence-corrected chi connectivity index (χ0v) is 19.4. The summed E-state index contributed by atoms with van der Waals surface area (Å²) < 4.78 is 54.6. The predicted octanol–water partition coefficient (Wildman–Crippen LogP) is 3.72. The van der Waals surface area contributed by atoms with E-state index in [0.717, 1.165) is 24.3 Å². The molecule has 0 aromatic heterocycles. The van der Waals surface area contributed by atoms with Crippen LogP contribution >= 0.6 is 0 Å². The standard InChI is InChI=1S/C27H19F4N3O4/c28-15-6-9-19-18(12-15)26(25(38)32-19)22-21(20(33-26)10-13-4-7-17(35)8-5-13)23(36)34(24(22)37)16-3-1-2-14(11-16)27(29,30)31/h1-9,11-12,20-22,33,35H,10H2,(H,32,38)/t20-,21-,22+,26+/m1/s1. The van der Waals surface area contributed by atoms with Crippen LogP contribution in [0.5, 0.6) is 5.75 Å². The Morgan fingerprint density at radius 3 is 2.39 bits per heavy atom. The molecule has 0 saturated carbocycles. The minimum atomic E-state index is -4.70.